The Kier molecular flexibility index (Phi) is 9.06. The van der Waals surface area contributed by atoms with Crippen LogP contribution in [0.3, 0.4) is 0 Å². The van der Waals surface area contributed by atoms with Gasteiger partial charge in [-0.25, -0.2) is 0 Å². The molecule has 0 bridgehead atoms. The summed E-state index contributed by atoms with van der Waals surface area (Å²) < 4.78 is 0. The lowest BCUT2D eigenvalue weighted by molar-refractivity contribution is 0.482. The van der Waals surface area contributed by atoms with Gasteiger partial charge in [0.25, 0.3) is 0 Å². The van der Waals surface area contributed by atoms with Crippen LogP contribution in [0.4, 0.5) is 5.69 Å². The third-order valence-electron chi connectivity index (χ3n) is 2.09. The molecule has 1 N–H and O–H groups in total. The molecular weight excluding hydrogens is 236 g/mol. The van der Waals surface area contributed by atoms with Crippen molar-refractivity contribution in [3.05, 3.63) is 36.4 Å². The molecule has 0 fully saturated rings. The van der Waals surface area contributed by atoms with Crippen LogP contribution in [0.1, 0.15) is 34.1 Å². The molecule has 19 heavy (non-hydrogen) atoms. The van der Waals surface area contributed by atoms with E-state index in [1.807, 2.05) is 44.2 Å². The topological polar surface area (TPSA) is 45.0 Å². The van der Waals surface area contributed by atoms with Crippen molar-refractivity contribution in [2.45, 2.75) is 34.1 Å². The van der Waals surface area contributed by atoms with Gasteiger partial charge in [-0.2, -0.15) is 10.2 Å². The average molecular weight is 260 g/mol. The standard InChI is InChI=1S/C11H10N2O.C3H8.C2H6/c1-12-13-10-7-6-8-4-2-3-5-9(8)11(10)14;1-3-2;1-2/h2-7,14H,1H3;3H2,1-2H3;1-2H3. The maximum Gasteiger partial charge on any atom is 0.150 e. The second-order valence-corrected chi connectivity index (χ2v) is 3.66. The Morgan fingerprint density at radius 1 is 1.00 bits per heavy atom. The Hall–Kier alpha value is -1.90. The fraction of sp³-hybridized carbons (Fsp3) is 0.375. The van der Waals surface area contributed by atoms with E-state index < -0.39 is 0 Å². The SMILES string of the molecule is CC.CCC.CN=Nc1ccc2ccccc2c1O. The number of nitrogens with zero attached hydrogens (tertiary/aromatic N) is 2. The predicted molar refractivity (Wildman–Crippen MR) is 83.4 cm³/mol. The summed E-state index contributed by atoms with van der Waals surface area (Å²) in [5.41, 5.74) is 0.506. The van der Waals surface area contributed by atoms with Crippen LogP contribution in [0, 0.1) is 0 Å². The van der Waals surface area contributed by atoms with Crippen molar-refractivity contribution in [3.8, 4) is 5.75 Å². The molecule has 104 valence electrons. The normalized spacial score (nSPS) is 9.53. The lowest BCUT2D eigenvalue weighted by Gasteiger charge is -2.02. The van der Waals surface area contributed by atoms with Gasteiger partial charge in [0.15, 0.2) is 5.75 Å². The molecule has 2 aromatic rings. The largest absolute Gasteiger partial charge is 0.505 e. The van der Waals surface area contributed by atoms with E-state index in [-0.39, 0.29) is 5.75 Å². The highest BCUT2D eigenvalue weighted by Crippen LogP contribution is 2.34. The molecule has 0 aromatic heterocycles. The molecule has 0 saturated heterocycles. The van der Waals surface area contributed by atoms with Gasteiger partial charge in [0.1, 0.15) is 5.69 Å². The minimum atomic E-state index is 0.189. The Morgan fingerprint density at radius 3 is 2.16 bits per heavy atom. The lowest BCUT2D eigenvalue weighted by Crippen LogP contribution is -1.74. The summed E-state index contributed by atoms with van der Waals surface area (Å²) in [6, 6.07) is 11.3. The number of fused-ring (bicyclic) bond motifs is 1. The summed E-state index contributed by atoms with van der Waals surface area (Å²) in [6.07, 6.45) is 1.25. The van der Waals surface area contributed by atoms with E-state index in [0.717, 1.165) is 10.8 Å². The van der Waals surface area contributed by atoms with Crippen LogP contribution in [-0.4, -0.2) is 12.2 Å². The van der Waals surface area contributed by atoms with E-state index in [9.17, 15) is 5.11 Å². The van der Waals surface area contributed by atoms with Crippen LogP contribution in [0.5, 0.6) is 5.75 Å². The average Bonchev–Trinajstić information content (AvgIpc) is 2.46. The number of phenolic OH excluding ortho intramolecular Hbond substituents is 1. The van der Waals surface area contributed by atoms with Crippen molar-refractivity contribution in [2.24, 2.45) is 10.2 Å². The number of rotatable bonds is 1. The molecule has 0 aliphatic carbocycles. The predicted octanol–water partition coefficient (Wildman–Crippen LogP) is 5.70. The number of hydrogen-bond donors (Lipinski definition) is 1. The van der Waals surface area contributed by atoms with E-state index in [1.165, 1.54) is 6.42 Å². The molecule has 0 amide bonds. The highest BCUT2D eigenvalue weighted by atomic mass is 16.3. The Morgan fingerprint density at radius 2 is 1.58 bits per heavy atom. The van der Waals surface area contributed by atoms with Gasteiger partial charge in [-0.1, -0.05) is 64.4 Å². The Labute approximate surface area is 116 Å². The van der Waals surface area contributed by atoms with Gasteiger partial charge in [0.2, 0.25) is 0 Å². The third-order valence-corrected chi connectivity index (χ3v) is 2.09. The summed E-state index contributed by atoms with van der Waals surface area (Å²) in [4.78, 5) is 0. The van der Waals surface area contributed by atoms with Crippen LogP contribution >= 0.6 is 0 Å². The fourth-order valence-corrected chi connectivity index (χ4v) is 1.43. The van der Waals surface area contributed by atoms with Crippen LogP contribution in [-0.2, 0) is 0 Å². The quantitative estimate of drug-likeness (QED) is 0.656. The van der Waals surface area contributed by atoms with E-state index in [1.54, 1.807) is 13.1 Å². The highest BCUT2D eigenvalue weighted by Gasteiger charge is 2.03. The molecular formula is C16H24N2O. The van der Waals surface area contributed by atoms with E-state index in [2.05, 4.69) is 24.1 Å². The van der Waals surface area contributed by atoms with Crippen molar-refractivity contribution in [2.75, 3.05) is 7.05 Å². The van der Waals surface area contributed by atoms with Gasteiger partial charge in [-0.3, -0.25) is 0 Å². The van der Waals surface area contributed by atoms with E-state index in [0.29, 0.717) is 5.69 Å². The minimum Gasteiger partial charge on any atom is -0.505 e. The van der Waals surface area contributed by atoms with Gasteiger partial charge >= 0.3 is 0 Å². The molecule has 0 unspecified atom stereocenters. The number of hydrogen-bond acceptors (Lipinski definition) is 3. The molecule has 2 rings (SSSR count). The molecule has 0 heterocycles. The summed E-state index contributed by atoms with van der Waals surface area (Å²) in [6.45, 7) is 8.25. The number of phenols is 1. The van der Waals surface area contributed by atoms with Gasteiger partial charge in [0, 0.05) is 12.4 Å². The summed E-state index contributed by atoms with van der Waals surface area (Å²) in [5, 5.41) is 19.1. The molecule has 3 nitrogen and oxygen atoms in total. The lowest BCUT2D eigenvalue weighted by atomic mass is 10.1. The first-order valence-corrected chi connectivity index (χ1v) is 6.75. The number of benzene rings is 2. The molecule has 0 saturated carbocycles. The second kappa shape index (κ2) is 10.1. The van der Waals surface area contributed by atoms with Crippen molar-refractivity contribution in [1.29, 1.82) is 0 Å². The Balaban J connectivity index is 0.000000573. The van der Waals surface area contributed by atoms with Crippen LogP contribution in [0.2, 0.25) is 0 Å². The second-order valence-electron chi connectivity index (χ2n) is 3.66. The third kappa shape index (κ3) is 5.08. The van der Waals surface area contributed by atoms with Crippen LogP contribution < -0.4 is 0 Å². The summed E-state index contributed by atoms with van der Waals surface area (Å²) in [5.74, 6) is 0.189. The maximum absolute atomic E-state index is 9.83. The maximum atomic E-state index is 9.83. The van der Waals surface area contributed by atoms with Crippen molar-refractivity contribution >= 4 is 16.5 Å². The fourth-order valence-electron chi connectivity index (χ4n) is 1.43. The number of aromatic hydroxyl groups is 1. The first kappa shape index (κ1) is 17.1. The molecule has 0 radical (unpaired) electrons. The first-order valence-electron chi connectivity index (χ1n) is 6.75. The molecule has 3 heteroatoms. The Bertz CT molecular complexity index is 507. The molecule has 0 atom stereocenters. The van der Waals surface area contributed by atoms with Gasteiger partial charge in [0.05, 0.1) is 0 Å². The van der Waals surface area contributed by atoms with Crippen molar-refractivity contribution in [3.63, 3.8) is 0 Å². The van der Waals surface area contributed by atoms with Crippen LogP contribution in [0.15, 0.2) is 46.6 Å². The molecule has 0 aliphatic heterocycles. The number of azo groups is 1. The van der Waals surface area contributed by atoms with E-state index >= 15 is 0 Å². The van der Waals surface area contributed by atoms with Gasteiger partial charge in [-0.15, -0.1) is 0 Å². The zero-order valence-corrected chi connectivity index (χ0v) is 12.5. The first-order chi connectivity index (χ1) is 9.24. The minimum absolute atomic E-state index is 0.189. The van der Waals surface area contributed by atoms with Gasteiger partial charge < -0.3 is 5.11 Å². The van der Waals surface area contributed by atoms with E-state index in [4.69, 9.17) is 0 Å². The highest BCUT2D eigenvalue weighted by molar-refractivity contribution is 5.92. The zero-order valence-electron chi connectivity index (χ0n) is 12.5. The summed E-state index contributed by atoms with van der Waals surface area (Å²) >= 11 is 0. The van der Waals surface area contributed by atoms with Gasteiger partial charge in [-0.05, 0) is 11.5 Å². The van der Waals surface area contributed by atoms with Crippen LogP contribution in [0.25, 0.3) is 10.8 Å². The molecule has 0 aliphatic rings. The summed E-state index contributed by atoms with van der Waals surface area (Å²) in [7, 11) is 1.58. The smallest absolute Gasteiger partial charge is 0.150 e. The monoisotopic (exact) mass is 260 g/mol. The van der Waals surface area contributed by atoms with Crippen molar-refractivity contribution < 1.29 is 5.11 Å². The zero-order chi connectivity index (χ0) is 14.7. The molecule has 2 aromatic carbocycles. The molecule has 0 spiro atoms. The van der Waals surface area contributed by atoms with Crippen molar-refractivity contribution in [1.82, 2.24) is 0 Å².